The van der Waals surface area contributed by atoms with Crippen LogP contribution in [0.3, 0.4) is 0 Å². The molecule has 1 heterocycles. The van der Waals surface area contributed by atoms with Crippen molar-refractivity contribution < 1.29 is 0 Å². The fourth-order valence-electron chi connectivity index (χ4n) is 6.08. The first-order valence-electron chi connectivity index (χ1n) is 8.66. The van der Waals surface area contributed by atoms with Crippen LogP contribution in [0.2, 0.25) is 0 Å². The molecule has 4 bridgehead atoms. The van der Waals surface area contributed by atoms with E-state index in [1.807, 2.05) is 11.7 Å². The maximum Gasteiger partial charge on any atom is 0.0842 e. The minimum absolute atomic E-state index is 0.554. The van der Waals surface area contributed by atoms with Crippen LogP contribution in [0.5, 0.6) is 0 Å². The minimum atomic E-state index is 0.554. The van der Waals surface area contributed by atoms with Crippen molar-refractivity contribution in [2.24, 2.45) is 30.2 Å². The number of nitrogens with one attached hydrogen (secondary N) is 1. The Bertz CT molecular complexity index is 471. The molecule has 4 fully saturated rings. The fraction of sp³-hybridized carbons (Fsp3) is 0.882. The summed E-state index contributed by atoms with van der Waals surface area (Å²) in [5, 5.41) is 11.9. The third-order valence-corrected chi connectivity index (χ3v) is 6.36. The Labute approximate surface area is 127 Å². The second-order valence-corrected chi connectivity index (χ2v) is 8.19. The van der Waals surface area contributed by atoms with Gasteiger partial charge in [-0.05, 0) is 75.2 Å². The van der Waals surface area contributed by atoms with Crippen molar-refractivity contribution in [1.82, 2.24) is 20.3 Å². The van der Waals surface area contributed by atoms with Crippen molar-refractivity contribution in [3.05, 3.63) is 11.9 Å². The van der Waals surface area contributed by atoms with Gasteiger partial charge in [0.2, 0.25) is 0 Å². The summed E-state index contributed by atoms with van der Waals surface area (Å²) in [4.78, 5) is 0. The van der Waals surface area contributed by atoms with E-state index < -0.39 is 0 Å². The van der Waals surface area contributed by atoms with E-state index in [-0.39, 0.29) is 0 Å². The minimum Gasteiger partial charge on any atom is -0.317 e. The van der Waals surface area contributed by atoms with Gasteiger partial charge < -0.3 is 5.32 Å². The third-order valence-electron chi connectivity index (χ3n) is 6.36. The van der Waals surface area contributed by atoms with Crippen LogP contribution in [-0.4, -0.2) is 28.1 Å². The normalized spacial score (nSPS) is 38.9. The van der Waals surface area contributed by atoms with Gasteiger partial charge in [-0.15, -0.1) is 5.10 Å². The van der Waals surface area contributed by atoms with E-state index >= 15 is 0 Å². The lowest BCUT2D eigenvalue weighted by atomic mass is 9.48. The van der Waals surface area contributed by atoms with Crippen molar-refractivity contribution >= 4 is 0 Å². The predicted octanol–water partition coefficient (Wildman–Crippen LogP) is 2.55. The summed E-state index contributed by atoms with van der Waals surface area (Å²) < 4.78 is 1.81. The molecule has 116 valence electrons. The molecule has 4 nitrogen and oxygen atoms in total. The SMILES string of the molecule is CNC(Cc1cn(C)nn1)CC12CC3CC(CC(C3)C1)C2. The van der Waals surface area contributed by atoms with Crippen LogP contribution in [0.15, 0.2) is 6.20 Å². The van der Waals surface area contributed by atoms with Gasteiger partial charge in [0.05, 0.1) is 5.69 Å². The molecule has 4 heteroatoms. The summed E-state index contributed by atoms with van der Waals surface area (Å²) in [5.74, 6) is 3.14. The van der Waals surface area contributed by atoms with E-state index in [2.05, 4.69) is 28.9 Å². The van der Waals surface area contributed by atoms with Gasteiger partial charge in [0.15, 0.2) is 0 Å². The van der Waals surface area contributed by atoms with Gasteiger partial charge in [-0.3, -0.25) is 4.68 Å². The van der Waals surface area contributed by atoms with E-state index in [1.54, 1.807) is 0 Å². The lowest BCUT2D eigenvalue weighted by Gasteiger charge is -2.57. The summed E-state index contributed by atoms with van der Waals surface area (Å²) >= 11 is 0. The molecule has 0 aliphatic heterocycles. The molecule has 0 amide bonds. The molecule has 1 aromatic rings. The number of hydrogen-bond acceptors (Lipinski definition) is 3. The van der Waals surface area contributed by atoms with E-state index in [1.165, 1.54) is 44.9 Å². The molecular formula is C17H28N4. The lowest BCUT2D eigenvalue weighted by molar-refractivity contribution is -0.0617. The van der Waals surface area contributed by atoms with Crippen LogP contribution >= 0.6 is 0 Å². The highest BCUT2D eigenvalue weighted by atomic mass is 15.4. The molecule has 1 unspecified atom stereocenters. The van der Waals surface area contributed by atoms with Crippen LogP contribution in [0.1, 0.15) is 50.6 Å². The van der Waals surface area contributed by atoms with Crippen LogP contribution in [0.25, 0.3) is 0 Å². The number of aryl methyl sites for hydroxylation is 1. The molecule has 21 heavy (non-hydrogen) atoms. The van der Waals surface area contributed by atoms with Crippen molar-refractivity contribution in [2.45, 2.75) is 57.4 Å². The molecule has 1 atom stereocenters. The Balaban J connectivity index is 1.46. The maximum atomic E-state index is 4.27. The second kappa shape index (κ2) is 5.08. The van der Waals surface area contributed by atoms with Crippen molar-refractivity contribution in [3.8, 4) is 0 Å². The van der Waals surface area contributed by atoms with Gasteiger partial charge >= 0.3 is 0 Å². The van der Waals surface area contributed by atoms with Crippen LogP contribution in [-0.2, 0) is 13.5 Å². The molecule has 4 aliphatic rings. The predicted molar refractivity (Wildman–Crippen MR) is 82.8 cm³/mol. The van der Waals surface area contributed by atoms with Crippen molar-refractivity contribution in [2.75, 3.05) is 7.05 Å². The standard InChI is InChI=1S/C17H28N4/c1-18-15(6-16-11-21(2)20-19-16)10-17-7-12-3-13(8-17)5-14(4-12)9-17/h11-15,18H,3-10H2,1-2H3. The zero-order chi connectivity index (χ0) is 14.4. The first-order valence-corrected chi connectivity index (χ1v) is 8.66. The van der Waals surface area contributed by atoms with E-state index in [9.17, 15) is 0 Å². The number of aromatic nitrogens is 3. The zero-order valence-corrected chi connectivity index (χ0v) is 13.4. The van der Waals surface area contributed by atoms with Gasteiger partial charge in [-0.25, -0.2) is 0 Å². The van der Waals surface area contributed by atoms with Crippen LogP contribution < -0.4 is 5.32 Å². The average Bonchev–Trinajstić information content (AvgIpc) is 2.81. The summed E-state index contributed by atoms with van der Waals surface area (Å²) in [6.07, 6.45) is 13.5. The highest BCUT2D eigenvalue weighted by molar-refractivity contribution is 5.04. The third kappa shape index (κ3) is 2.63. The molecule has 0 spiro atoms. The molecule has 0 saturated heterocycles. The molecule has 1 aromatic heterocycles. The monoisotopic (exact) mass is 288 g/mol. The van der Waals surface area contributed by atoms with Gasteiger partial charge in [0, 0.05) is 25.7 Å². The summed E-state index contributed by atoms with van der Waals surface area (Å²) in [7, 11) is 4.06. The van der Waals surface area contributed by atoms with Gasteiger partial charge in [0.1, 0.15) is 0 Å². The number of hydrogen-bond donors (Lipinski definition) is 1. The van der Waals surface area contributed by atoms with Gasteiger partial charge in [-0.1, -0.05) is 5.21 Å². The Hall–Kier alpha value is -0.900. The summed E-state index contributed by atoms with van der Waals surface area (Å²) in [6.45, 7) is 0. The fourth-order valence-corrected chi connectivity index (χ4v) is 6.08. The molecular weight excluding hydrogens is 260 g/mol. The smallest absolute Gasteiger partial charge is 0.0842 e. The summed E-state index contributed by atoms with van der Waals surface area (Å²) in [5.41, 5.74) is 1.77. The van der Waals surface area contributed by atoms with E-state index in [0.717, 1.165) is 29.9 Å². The first kappa shape index (κ1) is 13.7. The van der Waals surface area contributed by atoms with Crippen LogP contribution in [0.4, 0.5) is 0 Å². The Morgan fingerprint density at radius 1 is 1.24 bits per heavy atom. The maximum absolute atomic E-state index is 4.27. The van der Waals surface area contributed by atoms with Gasteiger partial charge in [0.25, 0.3) is 0 Å². The molecule has 1 N–H and O–H groups in total. The van der Waals surface area contributed by atoms with E-state index in [4.69, 9.17) is 0 Å². The Morgan fingerprint density at radius 2 is 1.86 bits per heavy atom. The molecule has 5 rings (SSSR count). The molecule has 4 aliphatic carbocycles. The topological polar surface area (TPSA) is 42.7 Å². The van der Waals surface area contributed by atoms with Crippen molar-refractivity contribution in [1.29, 1.82) is 0 Å². The van der Waals surface area contributed by atoms with Crippen molar-refractivity contribution in [3.63, 3.8) is 0 Å². The second-order valence-electron chi connectivity index (χ2n) is 8.19. The van der Waals surface area contributed by atoms with Crippen LogP contribution in [0, 0.1) is 23.2 Å². The number of nitrogens with zero attached hydrogens (tertiary/aromatic N) is 3. The quantitative estimate of drug-likeness (QED) is 0.905. The zero-order valence-electron chi connectivity index (χ0n) is 13.4. The highest BCUT2D eigenvalue weighted by Gasteiger charge is 2.51. The van der Waals surface area contributed by atoms with Gasteiger partial charge in [-0.2, -0.15) is 0 Å². The first-order chi connectivity index (χ1) is 10.1. The molecule has 0 radical (unpaired) electrons. The average molecular weight is 288 g/mol. The lowest BCUT2D eigenvalue weighted by Crippen LogP contribution is -2.48. The highest BCUT2D eigenvalue weighted by Crippen LogP contribution is 2.61. The number of rotatable bonds is 5. The molecule has 4 saturated carbocycles. The Kier molecular flexibility index (Phi) is 3.32. The Morgan fingerprint density at radius 3 is 2.33 bits per heavy atom. The largest absolute Gasteiger partial charge is 0.317 e. The molecule has 0 aromatic carbocycles. The number of likely N-dealkylation sites (N-methyl/N-ethyl adjacent to an activating group) is 1. The summed E-state index contributed by atoms with van der Waals surface area (Å²) in [6, 6.07) is 0.554. The van der Waals surface area contributed by atoms with E-state index in [0.29, 0.717) is 11.5 Å².